The fourth-order valence-corrected chi connectivity index (χ4v) is 3.31. The molecule has 2 aliphatic rings. The topological polar surface area (TPSA) is 60.0 Å². The quantitative estimate of drug-likeness (QED) is 0.609. The van der Waals surface area contributed by atoms with Crippen LogP contribution in [0.1, 0.15) is 25.7 Å². The highest BCUT2D eigenvalue weighted by atomic mass is 35.5. The highest BCUT2D eigenvalue weighted by Crippen LogP contribution is 2.27. The van der Waals surface area contributed by atoms with Gasteiger partial charge < -0.3 is 20.4 Å². The number of halogens is 1. The molecule has 1 atom stereocenters. The number of nitrogens with zero attached hydrogens (tertiary/aromatic N) is 3. The summed E-state index contributed by atoms with van der Waals surface area (Å²) in [7, 11) is 3.50. The molecule has 0 radical (unpaired) electrons. The molecule has 1 aromatic carbocycles. The van der Waals surface area contributed by atoms with E-state index >= 15 is 0 Å². The number of benzene rings is 1. The Hall–Kier alpha value is -1.95. The largest absolute Gasteiger partial charge is 0.368 e. The smallest absolute Gasteiger partial charge is 0.243 e. The van der Waals surface area contributed by atoms with E-state index in [1.807, 2.05) is 18.2 Å². The SMILES string of the molecule is CN(C)C(=O)CN=C(NC1CC1)NC1CCCN(c2ccccc2Cl)C1. The van der Waals surface area contributed by atoms with Gasteiger partial charge in [0.1, 0.15) is 6.54 Å². The lowest BCUT2D eigenvalue weighted by molar-refractivity contribution is -0.127. The number of aliphatic imine (C=N–C) groups is 1. The summed E-state index contributed by atoms with van der Waals surface area (Å²) in [6.45, 7) is 2.04. The number of piperidine rings is 1. The predicted octanol–water partition coefficient (Wildman–Crippen LogP) is 2.09. The summed E-state index contributed by atoms with van der Waals surface area (Å²) in [5, 5.41) is 7.73. The summed E-state index contributed by atoms with van der Waals surface area (Å²) in [4.78, 5) is 20.2. The van der Waals surface area contributed by atoms with Gasteiger partial charge in [-0.25, -0.2) is 4.99 Å². The molecule has 1 aliphatic heterocycles. The first-order valence-electron chi connectivity index (χ1n) is 9.30. The van der Waals surface area contributed by atoms with E-state index in [-0.39, 0.29) is 18.5 Å². The summed E-state index contributed by atoms with van der Waals surface area (Å²) >= 11 is 6.36. The number of nitrogens with one attached hydrogen (secondary N) is 2. The molecule has 26 heavy (non-hydrogen) atoms. The van der Waals surface area contributed by atoms with Crippen molar-refractivity contribution in [3.63, 3.8) is 0 Å². The molecule has 1 aliphatic carbocycles. The molecule has 1 heterocycles. The Morgan fingerprint density at radius 3 is 2.65 bits per heavy atom. The zero-order chi connectivity index (χ0) is 18.5. The summed E-state index contributed by atoms with van der Waals surface area (Å²) in [5.74, 6) is 0.747. The van der Waals surface area contributed by atoms with Crippen LogP contribution in [0.2, 0.25) is 5.02 Å². The molecule has 6 nitrogen and oxygen atoms in total. The van der Waals surface area contributed by atoms with Gasteiger partial charge in [-0.1, -0.05) is 23.7 Å². The van der Waals surface area contributed by atoms with Gasteiger partial charge in [0.15, 0.2) is 5.96 Å². The Morgan fingerprint density at radius 2 is 1.96 bits per heavy atom. The zero-order valence-electron chi connectivity index (χ0n) is 15.5. The summed E-state index contributed by atoms with van der Waals surface area (Å²) in [5.41, 5.74) is 1.08. The van der Waals surface area contributed by atoms with Crippen LogP contribution in [-0.2, 0) is 4.79 Å². The Labute approximate surface area is 160 Å². The number of likely N-dealkylation sites (N-methyl/N-ethyl adjacent to an activating group) is 1. The van der Waals surface area contributed by atoms with Crippen LogP contribution < -0.4 is 15.5 Å². The zero-order valence-corrected chi connectivity index (χ0v) is 16.3. The second-order valence-electron chi connectivity index (χ2n) is 7.25. The number of carbonyl (C=O) groups is 1. The number of hydrogen-bond acceptors (Lipinski definition) is 3. The number of amides is 1. The van der Waals surface area contributed by atoms with Crippen LogP contribution in [-0.4, -0.2) is 62.6 Å². The van der Waals surface area contributed by atoms with Crippen molar-refractivity contribution in [2.75, 3.05) is 38.6 Å². The number of anilines is 1. The van der Waals surface area contributed by atoms with Gasteiger partial charge >= 0.3 is 0 Å². The van der Waals surface area contributed by atoms with E-state index in [9.17, 15) is 4.79 Å². The fraction of sp³-hybridized carbons (Fsp3) is 0.579. The third-order valence-corrected chi connectivity index (χ3v) is 5.06. The molecule has 1 amide bonds. The van der Waals surface area contributed by atoms with E-state index in [1.54, 1.807) is 19.0 Å². The van der Waals surface area contributed by atoms with Gasteiger partial charge in [-0.3, -0.25) is 4.79 Å². The van der Waals surface area contributed by atoms with Gasteiger partial charge in [0.2, 0.25) is 5.91 Å². The molecule has 7 heteroatoms. The average molecular weight is 378 g/mol. The number of hydrogen-bond donors (Lipinski definition) is 2. The van der Waals surface area contributed by atoms with Crippen LogP contribution in [0.15, 0.2) is 29.3 Å². The van der Waals surface area contributed by atoms with Gasteiger partial charge in [-0.05, 0) is 37.8 Å². The van der Waals surface area contributed by atoms with Gasteiger partial charge in [0.05, 0.1) is 10.7 Å². The number of carbonyl (C=O) groups excluding carboxylic acids is 1. The molecule has 0 aromatic heterocycles. The molecule has 0 bridgehead atoms. The van der Waals surface area contributed by atoms with Crippen molar-refractivity contribution in [1.82, 2.24) is 15.5 Å². The van der Waals surface area contributed by atoms with E-state index < -0.39 is 0 Å². The van der Waals surface area contributed by atoms with Crippen molar-refractivity contribution in [3.8, 4) is 0 Å². The van der Waals surface area contributed by atoms with Crippen molar-refractivity contribution in [2.24, 2.45) is 4.99 Å². The van der Waals surface area contributed by atoms with Crippen molar-refractivity contribution < 1.29 is 4.79 Å². The number of para-hydroxylation sites is 1. The van der Waals surface area contributed by atoms with Gasteiger partial charge in [0, 0.05) is 39.3 Å². The highest BCUT2D eigenvalue weighted by molar-refractivity contribution is 6.33. The maximum absolute atomic E-state index is 11.9. The third kappa shape index (κ3) is 5.27. The minimum absolute atomic E-state index is 0.00300. The first kappa shape index (κ1) is 18.8. The maximum atomic E-state index is 11.9. The highest BCUT2D eigenvalue weighted by Gasteiger charge is 2.26. The normalized spacial score (nSPS) is 20.7. The number of guanidine groups is 1. The first-order valence-corrected chi connectivity index (χ1v) is 9.68. The summed E-state index contributed by atoms with van der Waals surface area (Å²) < 4.78 is 0. The average Bonchev–Trinajstić information content (AvgIpc) is 3.44. The molecule has 3 rings (SSSR count). The monoisotopic (exact) mass is 377 g/mol. The third-order valence-electron chi connectivity index (χ3n) is 4.74. The molecular formula is C19H28ClN5O. The summed E-state index contributed by atoms with van der Waals surface area (Å²) in [6, 6.07) is 8.74. The van der Waals surface area contributed by atoms with Gasteiger partial charge in [-0.15, -0.1) is 0 Å². The molecule has 2 N–H and O–H groups in total. The molecule has 2 fully saturated rings. The van der Waals surface area contributed by atoms with Crippen LogP contribution in [0.3, 0.4) is 0 Å². The van der Waals surface area contributed by atoms with E-state index in [0.717, 1.165) is 42.6 Å². The standard InChI is InChI=1S/C19H28ClN5O/c1-24(2)18(26)12-21-19(22-14-9-10-14)23-15-6-5-11-25(13-15)17-8-4-3-7-16(17)20/h3-4,7-8,14-15H,5-6,9-13H2,1-2H3,(H2,21,22,23). The van der Waals surface area contributed by atoms with Crippen molar-refractivity contribution >= 4 is 29.2 Å². The van der Waals surface area contributed by atoms with Crippen molar-refractivity contribution in [2.45, 2.75) is 37.8 Å². The van der Waals surface area contributed by atoms with Crippen LogP contribution in [0.4, 0.5) is 5.69 Å². The molecule has 1 unspecified atom stereocenters. The van der Waals surface area contributed by atoms with Gasteiger partial charge in [-0.2, -0.15) is 0 Å². The van der Waals surface area contributed by atoms with E-state index in [0.29, 0.717) is 6.04 Å². The molecule has 0 spiro atoms. The minimum Gasteiger partial charge on any atom is -0.368 e. The lowest BCUT2D eigenvalue weighted by atomic mass is 10.0. The van der Waals surface area contributed by atoms with Gasteiger partial charge in [0.25, 0.3) is 0 Å². The second kappa shape index (κ2) is 8.62. The van der Waals surface area contributed by atoms with E-state index in [1.165, 1.54) is 12.8 Å². The molecule has 1 aromatic rings. The lowest BCUT2D eigenvalue weighted by Crippen LogP contribution is -2.52. The Balaban J connectivity index is 1.63. The van der Waals surface area contributed by atoms with Crippen LogP contribution in [0.25, 0.3) is 0 Å². The lowest BCUT2D eigenvalue weighted by Gasteiger charge is -2.36. The molecular weight excluding hydrogens is 350 g/mol. The van der Waals surface area contributed by atoms with E-state index in [2.05, 4.69) is 26.6 Å². The van der Waals surface area contributed by atoms with Crippen molar-refractivity contribution in [1.29, 1.82) is 0 Å². The minimum atomic E-state index is 0.00300. The Bertz CT molecular complexity index is 659. The molecule has 1 saturated heterocycles. The number of rotatable bonds is 5. The van der Waals surface area contributed by atoms with Crippen LogP contribution >= 0.6 is 11.6 Å². The Morgan fingerprint density at radius 1 is 1.23 bits per heavy atom. The summed E-state index contributed by atoms with van der Waals surface area (Å²) in [6.07, 6.45) is 4.50. The first-order chi connectivity index (χ1) is 12.5. The maximum Gasteiger partial charge on any atom is 0.243 e. The van der Waals surface area contributed by atoms with Crippen molar-refractivity contribution in [3.05, 3.63) is 29.3 Å². The fourth-order valence-electron chi connectivity index (χ4n) is 3.06. The Kier molecular flexibility index (Phi) is 6.25. The van der Waals surface area contributed by atoms with E-state index in [4.69, 9.17) is 11.6 Å². The van der Waals surface area contributed by atoms with Crippen LogP contribution in [0, 0.1) is 0 Å². The molecule has 142 valence electrons. The molecule has 1 saturated carbocycles. The predicted molar refractivity (Wildman–Crippen MR) is 107 cm³/mol. The van der Waals surface area contributed by atoms with Crippen LogP contribution in [0.5, 0.6) is 0 Å². The second-order valence-corrected chi connectivity index (χ2v) is 7.66.